The minimum atomic E-state index is -3.73. The average molecular weight is 363 g/mol. The molecule has 130 valence electrons. The highest BCUT2D eigenvalue weighted by Gasteiger charge is 2.21. The van der Waals surface area contributed by atoms with Gasteiger partial charge >= 0.3 is 0 Å². The smallest absolute Gasteiger partial charge is 0.263 e. The summed E-state index contributed by atoms with van der Waals surface area (Å²) in [5, 5.41) is 0. The molecule has 2 aromatic carbocycles. The third-order valence-electron chi connectivity index (χ3n) is 4.14. The van der Waals surface area contributed by atoms with Gasteiger partial charge in [0.05, 0.1) is 4.90 Å². The molecule has 26 heavy (non-hydrogen) atoms. The van der Waals surface area contributed by atoms with E-state index in [4.69, 9.17) is 0 Å². The number of aromatic nitrogens is 2. The first-order valence-corrected chi connectivity index (χ1v) is 9.65. The van der Waals surface area contributed by atoms with Crippen LogP contribution in [0.3, 0.4) is 0 Å². The van der Waals surface area contributed by atoms with E-state index in [9.17, 15) is 8.42 Å². The van der Waals surface area contributed by atoms with Gasteiger partial charge in [0.1, 0.15) is 11.3 Å². The summed E-state index contributed by atoms with van der Waals surface area (Å²) < 4.78 is 30.2. The van der Waals surface area contributed by atoms with Gasteiger partial charge in [-0.15, -0.1) is 0 Å². The number of fused-ring (bicyclic) bond motifs is 1. The molecule has 0 amide bonds. The van der Waals surface area contributed by atoms with Crippen molar-refractivity contribution in [2.75, 3.05) is 4.72 Å². The van der Waals surface area contributed by atoms with E-state index in [-0.39, 0.29) is 4.90 Å². The topological polar surface area (TPSA) is 63.5 Å². The van der Waals surface area contributed by atoms with Crippen molar-refractivity contribution >= 4 is 21.5 Å². The molecule has 1 N–H and O–H groups in total. The number of benzene rings is 2. The molecule has 0 saturated carbocycles. The Morgan fingerprint density at radius 1 is 0.885 bits per heavy atom. The van der Waals surface area contributed by atoms with Gasteiger partial charge in [0.25, 0.3) is 10.0 Å². The van der Waals surface area contributed by atoms with Gasteiger partial charge in [-0.25, -0.2) is 13.4 Å². The van der Waals surface area contributed by atoms with Crippen molar-refractivity contribution in [1.29, 1.82) is 0 Å². The second-order valence-corrected chi connectivity index (χ2v) is 7.70. The maximum Gasteiger partial charge on any atom is 0.263 e. The van der Waals surface area contributed by atoms with Crippen LogP contribution < -0.4 is 4.72 Å². The van der Waals surface area contributed by atoms with Gasteiger partial charge in [0, 0.05) is 11.8 Å². The number of nitrogens with one attached hydrogen (secondary N) is 1. The summed E-state index contributed by atoms with van der Waals surface area (Å²) >= 11 is 0. The number of aryl methyl sites for hydroxylation is 1. The lowest BCUT2D eigenvalue weighted by molar-refractivity contribution is 0.601. The molecule has 0 unspecified atom stereocenters. The second-order valence-electron chi connectivity index (χ2n) is 6.02. The van der Waals surface area contributed by atoms with Crippen molar-refractivity contribution in [3.63, 3.8) is 0 Å². The highest BCUT2D eigenvalue weighted by Crippen LogP contribution is 2.30. The Hall–Kier alpha value is -3.12. The van der Waals surface area contributed by atoms with Crippen molar-refractivity contribution in [1.82, 2.24) is 9.38 Å². The van der Waals surface area contributed by atoms with E-state index in [0.29, 0.717) is 17.2 Å². The summed E-state index contributed by atoms with van der Waals surface area (Å²) in [6.45, 7) is 1.92. The van der Waals surface area contributed by atoms with Gasteiger partial charge < -0.3 is 0 Å². The predicted molar refractivity (Wildman–Crippen MR) is 103 cm³/mol. The first-order chi connectivity index (χ1) is 12.5. The zero-order valence-corrected chi connectivity index (χ0v) is 14.9. The van der Waals surface area contributed by atoms with Crippen molar-refractivity contribution in [3.05, 3.63) is 84.6 Å². The number of nitrogens with zero attached hydrogens (tertiary/aromatic N) is 2. The van der Waals surface area contributed by atoms with Gasteiger partial charge in [0.15, 0.2) is 5.82 Å². The Balaban J connectivity index is 1.86. The molecule has 0 aliphatic carbocycles. The molecule has 0 saturated heterocycles. The molecule has 0 spiro atoms. The van der Waals surface area contributed by atoms with Crippen LogP contribution in [-0.2, 0) is 10.0 Å². The van der Waals surface area contributed by atoms with E-state index in [1.807, 2.05) is 55.5 Å². The number of anilines is 1. The summed E-state index contributed by atoms with van der Waals surface area (Å²) in [5.74, 6) is 0.423. The van der Waals surface area contributed by atoms with E-state index < -0.39 is 10.0 Å². The Bertz CT molecular complexity index is 1160. The lowest BCUT2D eigenvalue weighted by Crippen LogP contribution is -2.15. The maximum absolute atomic E-state index is 12.9. The fourth-order valence-corrected chi connectivity index (χ4v) is 3.86. The fourth-order valence-electron chi connectivity index (χ4n) is 2.79. The molecule has 0 fully saturated rings. The lowest BCUT2D eigenvalue weighted by Gasteiger charge is -2.10. The summed E-state index contributed by atoms with van der Waals surface area (Å²) in [6, 6.07) is 21.8. The summed E-state index contributed by atoms with van der Waals surface area (Å²) in [4.78, 5) is 4.83. The number of imidazole rings is 1. The molecule has 4 rings (SSSR count). The third-order valence-corrected chi connectivity index (χ3v) is 5.49. The molecule has 6 heteroatoms. The SMILES string of the molecule is Cc1ccc(S(=O)(=O)Nc2c(-c3ccccc3)nc3ccccn23)cc1. The van der Waals surface area contributed by atoms with Crippen LogP contribution in [0.4, 0.5) is 5.82 Å². The Labute approximate surface area is 152 Å². The summed E-state index contributed by atoms with van der Waals surface area (Å²) in [5.41, 5.74) is 3.11. The lowest BCUT2D eigenvalue weighted by atomic mass is 10.1. The highest BCUT2D eigenvalue weighted by atomic mass is 32.2. The minimum Gasteiger partial charge on any atom is -0.285 e. The van der Waals surface area contributed by atoms with Crippen LogP contribution >= 0.6 is 0 Å². The van der Waals surface area contributed by atoms with E-state index in [0.717, 1.165) is 11.1 Å². The van der Waals surface area contributed by atoms with Crippen LogP contribution in [0, 0.1) is 6.92 Å². The Kier molecular flexibility index (Phi) is 3.97. The highest BCUT2D eigenvalue weighted by molar-refractivity contribution is 7.92. The van der Waals surface area contributed by atoms with Gasteiger partial charge in [-0.05, 0) is 31.2 Å². The van der Waals surface area contributed by atoms with Crippen LogP contribution in [0.5, 0.6) is 0 Å². The number of hydrogen-bond donors (Lipinski definition) is 1. The van der Waals surface area contributed by atoms with Gasteiger partial charge in [-0.1, -0.05) is 54.1 Å². The molecule has 0 radical (unpaired) electrons. The molecule has 5 nitrogen and oxygen atoms in total. The number of pyridine rings is 1. The van der Waals surface area contributed by atoms with Crippen LogP contribution in [-0.4, -0.2) is 17.8 Å². The van der Waals surface area contributed by atoms with Gasteiger partial charge in [0.2, 0.25) is 0 Å². The molecule has 0 aliphatic heterocycles. The monoisotopic (exact) mass is 363 g/mol. The molecule has 2 heterocycles. The van der Waals surface area contributed by atoms with E-state index in [2.05, 4.69) is 9.71 Å². The maximum atomic E-state index is 12.9. The normalized spacial score (nSPS) is 11.6. The van der Waals surface area contributed by atoms with Gasteiger partial charge in [-0.3, -0.25) is 9.12 Å². The van der Waals surface area contributed by atoms with Crippen LogP contribution in [0.1, 0.15) is 5.56 Å². The van der Waals surface area contributed by atoms with E-state index in [1.54, 1.807) is 34.9 Å². The van der Waals surface area contributed by atoms with Gasteiger partial charge in [-0.2, -0.15) is 0 Å². The average Bonchev–Trinajstić information content (AvgIpc) is 3.01. The molecule has 0 atom stereocenters. The van der Waals surface area contributed by atoms with Crippen molar-refractivity contribution in [2.24, 2.45) is 0 Å². The van der Waals surface area contributed by atoms with Crippen LogP contribution in [0.2, 0.25) is 0 Å². The van der Waals surface area contributed by atoms with Crippen molar-refractivity contribution in [2.45, 2.75) is 11.8 Å². The molecule has 4 aromatic rings. The third kappa shape index (κ3) is 2.95. The minimum absolute atomic E-state index is 0.216. The van der Waals surface area contributed by atoms with Crippen molar-refractivity contribution < 1.29 is 8.42 Å². The zero-order valence-electron chi connectivity index (χ0n) is 14.1. The number of hydrogen-bond acceptors (Lipinski definition) is 3. The molecule has 0 aliphatic rings. The first kappa shape index (κ1) is 16.4. The molecule has 0 bridgehead atoms. The largest absolute Gasteiger partial charge is 0.285 e. The standard InChI is InChI=1S/C20H17N3O2S/c1-15-10-12-17(13-11-15)26(24,25)22-20-19(16-7-3-2-4-8-16)21-18-9-5-6-14-23(18)20/h2-14,22H,1H3. The number of sulfonamides is 1. The Morgan fingerprint density at radius 2 is 1.58 bits per heavy atom. The Morgan fingerprint density at radius 3 is 2.31 bits per heavy atom. The molecular formula is C20H17N3O2S. The van der Waals surface area contributed by atoms with E-state index >= 15 is 0 Å². The van der Waals surface area contributed by atoms with Crippen LogP contribution in [0.15, 0.2) is 83.9 Å². The van der Waals surface area contributed by atoms with Crippen LogP contribution in [0.25, 0.3) is 16.9 Å². The molecular weight excluding hydrogens is 346 g/mol. The van der Waals surface area contributed by atoms with E-state index in [1.165, 1.54) is 0 Å². The second kappa shape index (κ2) is 6.31. The molecule has 2 aromatic heterocycles. The quantitative estimate of drug-likeness (QED) is 0.593. The summed E-state index contributed by atoms with van der Waals surface area (Å²) in [6.07, 6.45) is 1.79. The zero-order chi connectivity index (χ0) is 18.1. The first-order valence-electron chi connectivity index (χ1n) is 8.16. The van der Waals surface area contributed by atoms with Crippen molar-refractivity contribution in [3.8, 4) is 11.3 Å². The fraction of sp³-hybridized carbons (Fsp3) is 0.0500. The number of rotatable bonds is 4. The predicted octanol–water partition coefficient (Wildman–Crippen LogP) is 4.11. The summed E-state index contributed by atoms with van der Waals surface area (Å²) in [7, 11) is -3.73.